The molecule has 0 unspecified atom stereocenters. The van der Waals surface area contributed by atoms with Crippen LogP contribution in [0.25, 0.3) is 6.08 Å². The van der Waals surface area contributed by atoms with E-state index in [0.29, 0.717) is 12.3 Å². The monoisotopic (exact) mass is 603 g/mol. The van der Waals surface area contributed by atoms with Crippen LogP contribution < -0.4 is 0 Å². The molecule has 0 amide bonds. The van der Waals surface area contributed by atoms with Gasteiger partial charge >= 0.3 is 5.97 Å². The zero-order chi connectivity index (χ0) is 31.3. The summed E-state index contributed by atoms with van der Waals surface area (Å²) < 4.78 is 13.1. The van der Waals surface area contributed by atoms with E-state index in [1.807, 2.05) is 39.2 Å². The lowest BCUT2D eigenvalue weighted by molar-refractivity contribution is -0.153. The second-order valence-electron chi connectivity index (χ2n) is 14.6. The molecule has 7 heteroatoms. The number of aryl methyl sites for hydroxylation is 1. The molecule has 2 rings (SSSR count). The molecule has 2 heterocycles. The van der Waals surface area contributed by atoms with Crippen molar-refractivity contribution in [3.8, 4) is 0 Å². The number of rotatable bonds is 4. The van der Waals surface area contributed by atoms with Crippen LogP contribution in [0.5, 0.6) is 0 Å². The predicted octanol–water partition coefficient (Wildman–Crippen LogP) is 9.57. The van der Waals surface area contributed by atoms with Crippen molar-refractivity contribution in [2.75, 3.05) is 0 Å². The van der Waals surface area contributed by atoms with Gasteiger partial charge in [-0.3, -0.25) is 9.59 Å². The lowest BCUT2D eigenvalue weighted by Crippen LogP contribution is -2.52. The summed E-state index contributed by atoms with van der Waals surface area (Å²) in [5.74, 6) is 0.378. The van der Waals surface area contributed by atoms with Gasteiger partial charge in [0, 0.05) is 23.1 Å². The van der Waals surface area contributed by atoms with Crippen LogP contribution in [-0.4, -0.2) is 37.3 Å². The molecule has 0 bridgehead atoms. The molecular formula is C34H57NO4SSi. The van der Waals surface area contributed by atoms with Crippen molar-refractivity contribution in [1.29, 1.82) is 0 Å². The number of hydrogen-bond donors (Lipinski definition) is 0. The molecular weight excluding hydrogens is 547 g/mol. The van der Waals surface area contributed by atoms with E-state index in [0.717, 1.165) is 35.5 Å². The third kappa shape index (κ3) is 9.72. The van der Waals surface area contributed by atoms with E-state index in [2.05, 4.69) is 72.6 Å². The van der Waals surface area contributed by atoms with Crippen molar-refractivity contribution in [3.63, 3.8) is 0 Å². The second kappa shape index (κ2) is 14.3. The van der Waals surface area contributed by atoms with E-state index in [1.165, 1.54) is 5.57 Å². The summed E-state index contributed by atoms with van der Waals surface area (Å²) in [5.41, 5.74) is 2.31. The van der Waals surface area contributed by atoms with Gasteiger partial charge in [0.05, 0.1) is 23.2 Å². The average Bonchev–Trinajstić information content (AvgIpc) is 3.27. The molecule has 0 radical (unpaired) electrons. The van der Waals surface area contributed by atoms with Gasteiger partial charge in [0.25, 0.3) is 0 Å². The summed E-state index contributed by atoms with van der Waals surface area (Å²) in [6.45, 7) is 27.6. The topological polar surface area (TPSA) is 65.5 Å². The van der Waals surface area contributed by atoms with Gasteiger partial charge in [-0.25, -0.2) is 4.98 Å². The minimum Gasteiger partial charge on any atom is -0.457 e. The molecule has 232 valence electrons. The third-order valence-electron chi connectivity index (χ3n) is 9.84. The maximum absolute atomic E-state index is 14.2. The fraction of sp³-hybridized carbons (Fsp3) is 0.735. The molecule has 0 N–H and O–H groups in total. The van der Waals surface area contributed by atoms with Crippen molar-refractivity contribution in [1.82, 2.24) is 4.98 Å². The van der Waals surface area contributed by atoms with Crippen molar-refractivity contribution >= 4 is 37.5 Å². The highest BCUT2D eigenvalue weighted by molar-refractivity contribution is 7.09. The molecule has 0 fully saturated rings. The Morgan fingerprint density at radius 1 is 1.17 bits per heavy atom. The molecule has 5 atom stereocenters. The van der Waals surface area contributed by atoms with Crippen LogP contribution in [0.4, 0.5) is 0 Å². The van der Waals surface area contributed by atoms with Gasteiger partial charge in [0.2, 0.25) is 0 Å². The predicted molar refractivity (Wildman–Crippen MR) is 176 cm³/mol. The van der Waals surface area contributed by atoms with E-state index < -0.39 is 25.9 Å². The van der Waals surface area contributed by atoms with E-state index >= 15 is 0 Å². The van der Waals surface area contributed by atoms with Gasteiger partial charge < -0.3 is 9.16 Å². The molecule has 5 nitrogen and oxygen atoms in total. The first kappa shape index (κ1) is 35.6. The smallest absolute Gasteiger partial charge is 0.309 e. The molecule has 0 saturated carbocycles. The molecule has 1 aromatic rings. The van der Waals surface area contributed by atoms with Gasteiger partial charge in [-0.2, -0.15) is 0 Å². The molecule has 0 aliphatic carbocycles. The minimum absolute atomic E-state index is 0.0458. The molecule has 0 saturated heterocycles. The summed E-state index contributed by atoms with van der Waals surface area (Å²) >= 11 is 1.61. The van der Waals surface area contributed by atoms with Crippen LogP contribution in [0.2, 0.25) is 18.1 Å². The number of carbonyl (C=O) groups excluding carboxylic acids is 2. The highest BCUT2D eigenvalue weighted by Crippen LogP contribution is 2.42. The zero-order valence-corrected chi connectivity index (χ0v) is 30.0. The van der Waals surface area contributed by atoms with Gasteiger partial charge in [0.15, 0.2) is 8.32 Å². The van der Waals surface area contributed by atoms with Crippen LogP contribution in [0.15, 0.2) is 22.6 Å². The number of Topliss-reactive ketones (excluding diaryl/α,β-unsaturated/α-hetero) is 1. The number of ketones is 1. The number of aromatic nitrogens is 1. The average molecular weight is 604 g/mol. The highest BCUT2D eigenvalue weighted by atomic mass is 32.1. The summed E-state index contributed by atoms with van der Waals surface area (Å²) in [5, 5.41) is 2.97. The van der Waals surface area contributed by atoms with E-state index in [9.17, 15) is 9.59 Å². The minimum atomic E-state index is -2.30. The fourth-order valence-electron chi connectivity index (χ4n) is 5.29. The number of allylic oxidation sites excluding steroid dienone is 1. The fourth-order valence-corrected chi connectivity index (χ4v) is 7.30. The Balaban J connectivity index is 2.53. The Kier molecular flexibility index (Phi) is 12.4. The number of thiazole rings is 1. The van der Waals surface area contributed by atoms with E-state index in [4.69, 9.17) is 9.16 Å². The van der Waals surface area contributed by atoms with E-state index in [-0.39, 0.29) is 35.0 Å². The third-order valence-corrected chi connectivity index (χ3v) is 15.1. The van der Waals surface area contributed by atoms with Crippen molar-refractivity contribution in [2.45, 2.75) is 139 Å². The first-order valence-electron chi connectivity index (χ1n) is 15.4. The zero-order valence-electron chi connectivity index (χ0n) is 28.1. The summed E-state index contributed by atoms with van der Waals surface area (Å²) in [7, 11) is -2.30. The van der Waals surface area contributed by atoms with Crippen LogP contribution in [0.1, 0.15) is 112 Å². The lowest BCUT2D eigenvalue weighted by Gasteiger charge is -2.44. The van der Waals surface area contributed by atoms with Gasteiger partial charge in [-0.1, -0.05) is 73.5 Å². The molecule has 1 aliphatic heterocycles. The number of cyclic esters (lactones) is 1. The van der Waals surface area contributed by atoms with Crippen molar-refractivity contribution in [2.24, 2.45) is 23.2 Å². The molecule has 0 aromatic carbocycles. The van der Waals surface area contributed by atoms with Crippen LogP contribution >= 0.6 is 11.3 Å². The molecule has 41 heavy (non-hydrogen) atoms. The quantitative estimate of drug-likeness (QED) is 0.195. The lowest BCUT2D eigenvalue weighted by atomic mass is 9.70. The highest BCUT2D eigenvalue weighted by Gasteiger charge is 2.48. The Morgan fingerprint density at radius 3 is 2.37 bits per heavy atom. The molecule has 1 aromatic heterocycles. The number of nitrogens with zero attached hydrogens (tertiary/aromatic N) is 1. The Morgan fingerprint density at radius 2 is 1.80 bits per heavy atom. The number of hydrogen-bond acceptors (Lipinski definition) is 6. The summed E-state index contributed by atoms with van der Waals surface area (Å²) in [6.07, 6.45) is 7.09. The maximum Gasteiger partial charge on any atom is 0.309 e. The van der Waals surface area contributed by atoms with Crippen molar-refractivity contribution in [3.05, 3.63) is 33.3 Å². The van der Waals surface area contributed by atoms with Gasteiger partial charge in [0.1, 0.15) is 11.9 Å². The van der Waals surface area contributed by atoms with Crippen LogP contribution in [0, 0.1) is 30.1 Å². The normalized spacial score (nSPS) is 29.5. The number of carbonyl (C=O) groups is 2. The molecule has 1 aliphatic rings. The Hall–Kier alpha value is -1.57. The van der Waals surface area contributed by atoms with Crippen LogP contribution in [-0.2, 0) is 18.8 Å². The van der Waals surface area contributed by atoms with E-state index in [1.54, 1.807) is 11.3 Å². The second-order valence-corrected chi connectivity index (χ2v) is 20.4. The first-order chi connectivity index (χ1) is 18.8. The summed E-state index contributed by atoms with van der Waals surface area (Å²) in [6, 6.07) is 0. The maximum atomic E-state index is 14.2. The number of ether oxygens (including phenoxy) is 1. The Bertz CT molecular complexity index is 1110. The van der Waals surface area contributed by atoms with Gasteiger partial charge in [-0.15, -0.1) is 11.3 Å². The summed E-state index contributed by atoms with van der Waals surface area (Å²) in [4.78, 5) is 32.4. The first-order valence-corrected chi connectivity index (χ1v) is 19.2. The van der Waals surface area contributed by atoms with Gasteiger partial charge in [-0.05, 0) is 75.2 Å². The standard InChI is InChI=1S/C34H57NO4SSi/c1-22-15-14-16-23(2)25(4)26(5)32(37)34(10,11)30(39-41(12,13)33(7,8)9)20-31(36)38-29(18-17-22)24(3)19-28-21-40-27(6)35-28/h17,19,21,23,25-26,29-30H,14-16,18,20H2,1-13H3/b22-17-,24-19+/t23-,25-,26+,29-,30-/m0/s1. The van der Waals surface area contributed by atoms with Crippen LogP contribution in [0.3, 0.4) is 0 Å². The Labute approximate surface area is 255 Å². The largest absolute Gasteiger partial charge is 0.457 e. The number of esters is 1. The van der Waals surface area contributed by atoms with Crippen molar-refractivity contribution < 1.29 is 18.8 Å². The molecule has 0 spiro atoms. The SMILES string of the molecule is C/C1=C/C[C@@H](/C(C)=C/c2csc(C)n2)OC(=O)C[C@H](O[Si](C)(C)C(C)(C)C)C(C)(C)C(=O)[C@H](C)[C@@H](C)[C@@H](C)CCC1.